The second-order valence-corrected chi connectivity index (χ2v) is 5.27. The van der Waals surface area contributed by atoms with Crippen molar-refractivity contribution in [2.45, 2.75) is 25.8 Å². The number of carboxylic acids is 1. The summed E-state index contributed by atoms with van der Waals surface area (Å²) in [6.07, 6.45) is 0.335. The van der Waals surface area contributed by atoms with Crippen LogP contribution in [0.3, 0.4) is 0 Å². The van der Waals surface area contributed by atoms with E-state index in [0.717, 1.165) is 0 Å². The van der Waals surface area contributed by atoms with Gasteiger partial charge in [-0.05, 0) is 25.5 Å². The topological polar surface area (TPSA) is 92.4 Å². The Hall–Kier alpha value is -2.34. The van der Waals surface area contributed by atoms with Gasteiger partial charge < -0.3 is 14.9 Å². The Balaban J connectivity index is 2.03. The predicted molar refractivity (Wildman–Crippen MR) is 80.7 cm³/mol. The summed E-state index contributed by atoms with van der Waals surface area (Å²) in [5.41, 5.74) is 0.770. The molecule has 1 amide bonds. The molecule has 0 aliphatic carbocycles. The van der Waals surface area contributed by atoms with Crippen molar-refractivity contribution in [3.8, 4) is 11.3 Å². The number of benzene rings is 1. The number of nitrogens with one attached hydrogen (secondary N) is 1. The minimum atomic E-state index is -0.899. The molecule has 0 radical (unpaired) electrons. The summed E-state index contributed by atoms with van der Waals surface area (Å²) in [6, 6.07) is 8.30. The number of carboxylic acid groups (broad SMARTS) is 1. The number of halogens is 1. The number of carbonyl (C=O) groups is 2. The van der Waals surface area contributed by atoms with Crippen molar-refractivity contribution in [2.75, 3.05) is 0 Å². The zero-order chi connectivity index (χ0) is 16.1. The molecular formula is C15H15ClN2O4. The lowest BCUT2D eigenvalue weighted by atomic mass is 10.1. The van der Waals surface area contributed by atoms with E-state index >= 15 is 0 Å². The largest absolute Gasteiger partial charge is 0.481 e. The first kappa shape index (κ1) is 16.0. The highest BCUT2D eigenvalue weighted by atomic mass is 35.5. The quantitative estimate of drug-likeness (QED) is 0.853. The predicted octanol–water partition coefficient (Wildman–Crippen LogP) is 2.98. The molecule has 0 saturated heterocycles. The SMILES string of the molecule is CC(CCC(=O)O)NC(=O)c1cc(-c2ccccc2Cl)on1. The van der Waals surface area contributed by atoms with Gasteiger partial charge in [-0.25, -0.2) is 0 Å². The normalized spacial score (nSPS) is 11.9. The van der Waals surface area contributed by atoms with Gasteiger partial charge in [-0.1, -0.05) is 28.9 Å². The van der Waals surface area contributed by atoms with Crippen molar-refractivity contribution < 1.29 is 19.2 Å². The van der Waals surface area contributed by atoms with Crippen molar-refractivity contribution in [1.29, 1.82) is 0 Å². The van der Waals surface area contributed by atoms with Gasteiger partial charge in [-0.15, -0.1) is 0 Å². The summed E-state index contributed by atoms with van der Waals surface area (Å²) in [6.45, 7) is 1.73. The Labute approximate surface area is 132 Å². The van der Waals surface area contributed by atoms with Crippen molar-refractivity contribution in [1.82, 2.24) is 10.5 Å². The molecule has 2 N–H and O–H groups in total. The molecular weight excluding hydrogens is 308 g/mol. The minimum Gasteiger partial charge on any atom is -0.481 e. The van der Waals surface area contributed by atoms with Crippen LogP contribution in [0, 0.1) is 0 Å². The summed E-state index contributed by atoms with van der Waals surface area (Å²) in [5, 5.41) is 15.5. The van der Waals surface area contributed by atoms with Crippen LogP contribution in [0.25, 0.3) is 11.3 Å². The molecule has 0 bridgehead atoms. The maximum absolute atomic E-state index is 12.0. The summed E-state index contributed by atoms with van der Waals surface area (Å²) in [7, 11) is 0. The van der Waals surface area contributed by atoms with E-state index in [2.05, 4.69) is 10.5 Å². The molecule has 2 aromatic rings. The van der Waals surface area contributed by atoms with Crippen LogP contribution in [-0.2, 0) is 4.79 Å². The van der Waals surface area contributed by atoms with Crippen LogP contribution in [0.15, 0.2) is 34.9 Å². The van der Waals surface area contributed by atoms with Gasteiger partial charge in [-0.3, -0.25) is 9.59 Å². The Morgan fingerprint density at radius 2 is 2.14 bits per heavy atom. The molecule has 1 atom stereocenters. The standard InChI is InChI=1S/C15H15ClN2O4/c1-9(6-7-14(19)20)17-15(21)12-8-13(22-18-12)10-4-2-3-5-11(10)16/h2-5,8-9H,6-7H2,1H3,(H,17,21)(H,19,20). The number of rotatable bonds is 6. The first-order valence-corrected chi connectivity index (χ1v) is 7.09. The zero-order valence-corrected chi connectivity index (χ0v) is 12.6. The molecule has 0 fully saturated rings. The fourth-order valence-corrected chi connectivity index (χ4v) is 2.11. The Kier molecular flexibility index (Phi) is 5.16. The number of hydrogen-bond acceptors (Lipinski definition) is 4. The van der Waals surface area contributed by atoms with Crippen LogP contribution in [0.1, 0.15) is 30.3 Å². The number of carbonyl (C=O) groups excluding carboxylic acids is 1. The van der Waals surface area contributed by atoms with Crippen molar-refractivity contribution in [3.05, 3.63) is 41.0 Å². The van der Waals surface area contributed by atoms with Crippen LogP contribution in [0.4, 0.5) is 0 Å². The van der Waals surface area contributed by atoms with E-state index in [1.54, 1.807) is 31.2 Å². The second-order valence-electron chi connectivity index (χ2n) is 4.86. The van der Waals surface area contributed by atoms with Gasteiger partial charge in [0, 0.05) is 24.1 Å². The maximum Gasteiger partial charge on any atom is 0.303 e. The number of hydrogen-bond donors (Lipinski definition) is 2. The van der Waals surface area contributed by atoms with Crippen molar-refractivity contribution in [3.63, 3.8) is 0 Å². The third kappa shape index (κ3) is 4.08. The average molecular weight is 323 g/mol. The lowest BCUT2D eigenvalue weighted by Crippen LogP contribution is -2.33. The molecule has 22 heavy (non-hydrogen) atoms. The van der Waals surface area contributed by atoms with Crippen LogP contribution >= 0.6 is 11.6 Å². The minimum absolute atomic E-state index is 0.00879. The van der Waals surface area contributed by atoms with Gasteiger partial charge in [0.15, 0.2) is 11.5 Å². The number of aromatic nitrogens is 1. The molecule has 2 rings (SSSR count). The Morgan fingerprint density at radius 1 is 1.41 bits per heavy atom. The second kappa shape index (κ2) is 7.09. The van der Waals surface area contributed by atoms with Crippen LogP contribution < -0.4 is 5.32 Å². The van der Waals surface area contributed by atoms with Crippen LogP contribution in [0.5, 0.6) is 0 Å². The molecule has 6 nitrogen and oxygen atoms in total. The monoisotopic (exact) mass is 322 g/mol. The van der Waals surface area contributed by atoms with E-state index in [0.29, 0.717) is 22.8 Å². The lowest BCUT2D eigenvalue weighted by molar-refractivity contribution is -0.137. The van der Waals surface area contributed by atoms with E-state index in [1.807, 2.05) is 0 Å². The molecule has 1 unspecified atom stereocenters. The smallest absolute Gasteiger partial charge is 0.303 e. The highest BCUT2D eigenvalue weighted by Crippen LogP contribution is 2.27. The van der Waals surface area contributed by atoms with Crippen LogP contribution in [0.2, 0.25) is 5.02 Å². The maximum atomic E-state index is 12.0. The van der Waals surface area contributed by atoms with Gasteiger partial charge in [0.05, 0.1) is 5.02 Å². The zero-order valence-electron chi connectivity index (χ0n) is 11.9. The summed E-state index contributed by atoms with van der Waals surface area (Å²) in [4.78, 5) is 22.5. The third-order valence-corrected chi connectivity index (χ3v) is 3.38. The molecule has 1 aromatic heterocycles. The van der Waals surface area contributed by atoms with Crippen molar-refractivity contribution >= 4 is 23.5 Å². The van der Waals surface area contributed by atoms with Gasteiger partial charge in [0.25, 0.3) is 5.91 Å². The van der Waals surface area contributed by atoms with Gasteiger partial charge in [0.1, 0.15) is 0 Å². The van der Waals surface area contributed by atoms with Gasteiger partial charge in [0.2, 0.25) is 0 Å². The van der Waals surface area contributed by atoms with E-state index in [-0.39, 0.29) is 18.2 Å². The fourth-order valence-electron chi connectivity index (χ4n) is 1.88. The molecule has 0 spiro atoms. The molecule has 116 valence electrons. The fraction of sp³-hybridized carbons (Fsp3) is 0.267. The highest BCUT2D eigenvalue weighted by Gasteiger charge is 2.17. The number of nitrogens with zero attached hydrogens (tertiary/aromatic N) is 1. The van der Waals surface area contributed by atoms with Gasteiger partial charge in [-0.2, -0.15) is 0 Å². The van der Waals surface area contributed by atoms with Crippen molar-refractivity contribution in [2.24, 2.45) is 0 Å². The molecule has 0 aliphatic heterocycles. The molecule has 1 aromatic carbocycles. The Morgan fingerprint density at radius 3 is 2.82 bits per heavy atom. The number of amides is 1. The van der Waals surface area contributed by atoms with E-state index < -0.39 is 11.9 Å². The highest BCUT2D eigenvalue weighted by molar-refractivity contribution is 6.33. The summed E-state index contributed by atoms with van der Waals surface area (Å²) >= 11 is 6.06. The third-order valence-electron chi connectivity index (χ3n) is 3.05. The summed E-state index contributed by atoms with van der Waals surface area (Å²) < 4.78 is 5.14. The number of aliphatic carboxylic acids is 1. The first-order valence-electron chi connectivity index (χ1n) is 6.71. The lowest BCUT2D eigenvalue weighted by Gasteiger charge is -2.10. The van der Waals surface area contributed by atoms with Crippen LogP contribution in [-0.4, -0.2) is 28.2 Å². The first-order chi connectivity index (χ1) is 10.5. The molecule has 1 heterocycles. The van der Waals surface area contributed by atoms with Gasteiger partial charge >= 0.3 is 5.97 Å². The molecule has 0 saturated carbocycles. The van der Waals surface area contributed by atoms with E-state index in [9.17, 15) is 9.59 Å². The van der Waals surface area contributed by atoms with E-state index in [1.165, 1.54) is 6.07 Å². The molecule has 0 aliphatic rings. The Bertz CT molecular complexity index is 684. The average Bonchev–Trinajstić information content (AvgIpc) is 2.95. The summed E-state index contributed by atoms with van der Waals surface area (Å²) in [5.74, 6) is -0.919. The van der Waals surface area contributed by atoms with E-state index in [4.69, 9.17) is 21.2 Å². The molecule has 7 heteroatoms.